The Morgan fingerprint density at radius 1 is 1.10 bits per heavy atom. The maximum atomic E-state index is 13.9. The second-order valence-electron chi connectivity index (χ2n) is 5.32. The van der Waals surface area contributed by atoms with Gasteiger partial charge in [0.1, 0.15) is 5.82 Å². The molecule has 0 aromatic heterocycles. The van der Waals surface area contributed by atoms with E-state index in [2.05, 4.69) is 0 Å². The molecule has 0 aliphatic heterocycles. The third-order valence-electron chi connectivity index (χ3n) is 4.01. The van der Waals surface area contributed by atoms with Crippen LogP contribution < -0.4 is 4.90 Å². The average molecular weight is 287 g/mol. The first-order chi connectivity index (χ1) is 10.0. The molecule has 1 N–H and O–H groups in total. The molecule has 2 atom stereocenters. The molecule has 0 saturated heterocycles. The van der Waals surface area contributed by atoms with Crippen molar-refractivity contribution in [3.8, 4) is 0 Å². The van der Waals surface area contributed by atoms with E-state index in [-0.39, 0.29) is 11.9 Å². The van der Waals surface area contributed by atoms with Gasteiger partial charge in [-0.2, -0.15) is 0 Å². The zero-order valence-corrected chi connectivity index (χ0v) is 12.8. The van der Waals surface area contributed by atoms with E-state index in [0.717, 1.165) is 11.3 Å². The summed E-state index contributed by atoms with van der Waals surface area (Å²) >= 11 is 0. The number of halogens is 1. The van der Waals surface area contributed by atoms with Crippen LogP contribution in [0.15, 0.2) is 48.5 Å². The minimum absolute atomic E-state index is 0.0619. The highest BCUT2D eigenvalue weighted by Gasteiger charge is 2.16. The smallest absolute Gasteiger partial charge is 0.128 e. The molecule has 2 rings (SSSR count). The minimum atomic E-state index is -0.423. The van der Waals surface area contributed by atoms with Crippen LogP contribution in [0.1, 0.15) is 43.5 Å². The van der Waals surface area contributed by atoms with E-state index >= 15 is 0 Å². The lowest BCUT2D eigenvalue weighted by molar-refractivity contribution is 0.173. The predicted molar refractivity (Wildman–Crippen MR) is 84.9 cm³/mol. The van der Waals surface area contributed by atoms with Crippen LogP contribution >= 0.6 is 0 Å². The van der Waals surface area contributed by atoms with Crippen molar-refractivity contribution in [1.29, 1.82) is 0 Å². The first-order valence-corrected chi connectivity index (χ1v) is 7.29. The van der Waals surface area contributed by atoms with E-state index in [1.54, 1.807) is 6.07 Å². The Hall–Kier alpha value is -1.87. The summed E-state index contributed by atoms with van der Waals surface area (Å²) in [6.07, 6.45) is 0.272. The van der Waals surface area contributed by atoms with Crippen molar-refractivity contribution in [2.24, 2.45) is 0 Å². The third kappa shape index (κ3) is 3.42. The van der Waals surface area contributed by atoms with E-state index in [0.29, 0.717) is 12.0 Å². The standard InChI is InChI=1S/C18H22FNO/c1-4-18(21)14-9-11-15(12-10-14)20(3)13(2)16-7-5-6-8-17(16)19/h5-13,18,21H,4H2,1-3H3/t13?,18-/m0/s1. The zero-order chi connectivity index (χ0) is 15.4. The molecule has 3 heteroatoms. The fourth-order valence-corrected chi connectivity index (χ4v) is 2.41. The fourth-order valence-electron chi connectivity index (χ4n) is 2.41. The van der Waals surface area contributed by atoms with E-state index < -0.39 is 6.10 Å². The Morgan fingerprint density at radius 3 is 2.29 bits per heavy atom. The summed E-state index contributed by atoms with van der Waals surface area (Å²) in [4.78, 5) is 2.03. The Kier molecular flexibility index (Phi) is 4.97. The number of hydrogen-bond acceptors (Lipinski definition) is 2. The van der Waals surface area contributed by atoms with Crippen LogP contribution in [0.3, 0.4) is 0 Å². The van der Waals surface area contributed by atoms with Crippen molar-refractivity contribution in [1.82, 2.24) is 0 Å². The number of aliphatic hydroxyl groups is 1. The number of hydrogen-bond donors (Lipinski definition) is 1. The van der Waals surface area contributed by atoms with Gasteiger partial charge < -0.3 is 10.0 Å². The number of aliphatic hydroxyl groups excluding tert-OH is 1. The molecule has 21 heavy (non-hydrogen) atoms. The second kappa shape index (κ2) is 6.72. The molecule has 0 aliphatic rings. The molecular formula is C18H22FNO. The maximum absolute atomic E-state index is 13.9. The van der Waals surface area contributed by atoms with Crippen molar-refractivity contribution in [2.45, 2.75) is 32.4 Å². The molecule has 2 aromatic rings. The van der Waals surface area contributed by atoms with E-state index in [9.17, 15) is 9.50 Å². The summed E-state index contributed by atoms with van der Waals surface area (Å²) in [7, 11) is 1.95. The van der Waals surface area contributed by atoms with Gasteiger partial charge in [0.15, 0.2) is 0 Å². The van der Waals surface area contributed by atoms with E-state index in [4.69, 9.17) is 0 Å². The summed E-state index contributed by atoms with van der Waals surface area (Å²) < 4.78 is 13.9. The number of benzene rings is 2. The lowest BCUT2D eigenvalue weighted by Gasteiger charge is -2.28. The summed E-state index contributed by atoms with van der Waals surface area (Å²) in [5.74, 6) is -0.185. The summed E-state index contributed by atoms with van der Waals surface area (Å²) in [5, 5.41) is 9.82. The molecule has 0 heterocycles. The van der Waals surface area contributed by atoms with Crippen LogP contribution in [0, 0.1) is 5.82 Å². The molecule has 0 aliphatic carbocycles. The third-order valence-corrected chi connectivity index (χ3v) is 4.01. The molecule has 0 fully saturated rings. The Bertz CT molecular complexity index is 582. The lowest BCUT2D eigenvalue weighted by Crippen LogP contribution is -2.22. The molecule has 2 aromatic carbocycles. The number of rotatable bonds is 5. The molecule has 0 amide bonds. The highest BCUT2D eigenvalue weighted by molar-refractivity contribution is 5.49. The van der Waals surface area contributed by atoms with Gasteiger partial charge in [-0.05, 0) is 37.1 Å². The second-order valence-corrected chi connectivity index (χ2v) is 5.32. The number of anilines is 1. The summed E-state index contributed by atoms with van der Waals surface area (Å²) in [6.45, 7) is 3.93. The van der Waals surface area contributed by atoms with Gasteiger partial charge in [0, 0.05) is 18.3 Å². The molecule has 0 bridgehead atoms. The molecule has 0 radical (unpaired) electrons. The van der Waals surface area contributed by atoms with Gasteiger partial charge in [0.05, 0.1) is 12.1 Å². The van der Waals surface area contributed by atoms with Gasteiger partial charge in [-0.1, -0.05) is 37.3 Å². The predicted octanol–water partition coefficient (Wildman–Crippen LogP) is 4.47. The first-order valence-electron chi connectivity index (χ1n) is 7.29. The molecule has 0 spiro atoms. The van der Waals surface area contributed by atoms with Gasteiger partial charge >= 0.3 is 0 Å². The van der Waals surface area contributed by atoms with E-state index in [1.165, 1.54) is 6.07 Å². The van der Waals surface area contributed by atoms with Crippen molar-refractivity contribution in [3.63, 3.8) is 0 Å². The van der Waals surface area contributed by atoms with Crippen LogP contribution in [0.2, 0.25) is 0 Å². The van der Waals surface area contributed by atoms with Crippen LogP contribution in [-0.2, 0) is 0 Å². The molecule has 112 valence electrons. The lowest BCUT2D eigenvalue weighted by atomic mass is 10.0. The Labute approximate surface area is 125 Å². The van der Waals surface area contributed by atoms with Gasteiger partial charge in [-0.15, -0.1) is 0 Å². The van der Waals surface area contributed by atoms with Gasteiger partial charge in [-0.25, -0.2) is 4.39 Å². The number of nitrogens with zero attached hydrogens (tertiary/aromatic N) is 1. The molecule has 0 saturated carbocycles. The summed E-state index contributed by atoms with van der Waals surface area (Å²) in [6, 6.07) is 14.6. The van der Waals surface area contributed by atoms with Crippen LogP contribution in [-0.4, -0.2) is 12.2 Å². The Balaban J connectivity index is 2.20. The van der Waals surface area contributed by atoms with Gasteiger partial charge in [-0.3, -0.25) is 0 Å². The maximum Gasteiger partial charge on any atom is 0.128 e. The van der Waals surface area contributed by atoms with Crippen LogP contribution in [0.5, 0.6) is 0 Å². The topological polar surface area (TPSA) is 23.5 Å². The molecule has 2 nitrogen and oxygen atoms in total. The van der Waals surface area contributed by atoms with Crippen LogP contribution in [0.25, 0.3) is 0 Å². The van der Waals surface area contributed by atoms with Gasteiger partial charge in [0.25, 0.3) is 0 Å². The largest absolute Gasteiger partial charge is 0.388 e. The molecular weight excluding hydrogens is 265 g/mol. The fraction of sp³-hybridized carbons (Fsp3) is 0.333. The van der Waals surface area contributed by atoms with Crippen molar-refractivity contribution < 1.29 is 9.50 Å². The SMILES string of the molecule is CC[C@H](O)c1ccc(N(C)C(C)c2ccccc2F)cc1. The average Bonchev–Trinajstić information content (AvgIpc) is 2.53. The molecule has 1 unspecified atom stereocenters. The van der Waals surface area contributed by atoms with Crippen molar-refractivity contribution in [3.05, 3.63) is 65.5 Å². The zero-order valence-electron chi connectivity index (χ0n) is 12.8. The van der Waals surface area contributed by atoms with Crippen molar-refractivity contribution in [2.75, 3.05) is 11.9 Å². The Morgan fingerprint density at radius 2 is 1.71 bits per heavy atom. The summed E-state index contributed by atoms with van der Waals surface area (Å²) in [5.41, 5.74) is 2.59. The minimum Gasteiger partial charge on any atom is -0.388 e. The normalized spacial score (nSPS) is 13.8. The highest BCUT2D eigenvalue weighted by Crippen LogP contribution is 2.28. The van der Waals surface area contributed by atoms with Gasteiger partial charge in [0.2, 0.25) is 0 Å². The monoisotopic (exact) mass is 287 g/mol. The highest BCUT2D eigenvalue weighted by atomic mass is 19.1. The van der Waals surface area contributed by atoms with Crippen LogP contribution in [0.4, 0.5) is 10.1 Å². The van der Waals surface area contributed by atoms with Crippen molar-refractivity contribution >= 4 is 5.69 Å². The van der Waals surface area contributed by atoms with E-state index in [1.807, 2.05) is 62.2 Å². The first kappa shape index (κ1) is 15.5. The quantitative estimate of drug-likeness (QED) is 0.877.